The van der Waals surface area contributed by atoms with Crippen molar-refractivity contribution in [3.05, 3.63) is 89.3 Å². The van der Waals surface area contributed by atoms with Gasteiger partial charge in [0.15, 0.2) is 0 Å². The highest BCUT2D eigenvalue weighted by atomic mass is 16.1. The van der Waals surface area contributed by atoms with Gasteiger partial charge in [0.2, 0.25) is 5.78 Å². The van der Waals surface area contributed by atoms with Crippen LogP contribution in [0.1, 0.15) is 64.5 Å². The van der Waals surface area contributed by atoms with Gasteiger partial charge in [-0.05, 0) is 69.1 Å². The van der Waals surface area contributed by atoms with E-state index in [0.717, 1.165) is 30.7 Å². The number of aromatic nitrogens is 3. The molecule has 3 aromatic heterocycles. The third kappa shape index (κ3) is 3.58. The Bertz CT molecular complexity index is 973. The minimum Gasteiger partial charge on any atom is -0.289 e. The Kier molecular flexibility index (Phi) is 5.26. The molecule has 1 saturated heterocycles. The topological polar surface area (TPSA) is 59.0 Å². The first kappa shape index (κ1) is 18.4. The number of piperidine rings is 1. The summed E-state index contributed by atoms with van der Waals surface area (Å²) in [5.41, 5.74) is 4.15. The molecule has 0 saturated carbocycles. The Balaban J connectivity index is 1.62. The Morgan fingerprint density at radius 1 is 0.929 bits per heavy atom. The van der Waals surface area contributed by atoms with Gasteiger partial charge >= 0.3 is 0 Å². The van der Waals surface area contributed by atoms with E-state index < -0.39 is 0 Å². The average molecular weight is 372 g/mol. The van der Waals surface area contributed by atoms with Crippen LogP contribution in [0.25, 0.3) is 0 Å². The molecule has 4 rings (SSSR count). The summed E-state index contributed by atoms with van der Waals surface area (Å²) in [6, 6.07) is 15.6. The number of ketones is 1. The molecule has 1 fully saturated rings. The molecular weight excluding hydrogens is 348 g/mol. The van der Waals surface area contributed by atoms with E-state index in [1.807, 2.05) is 30.5 Å². The molecule has 28 heavy (non-hydrogen) atoms. The fourth-order valence-electron chi connectivity index (χ4n) is 4.05. The van der Waals surface area contributed by atoms with Crippen molar-refractivity contribution in [3.8, 4) is 0 Å². The molecule has 4 heterocycles. The van der Waals surface area contributed by atoms with E-state index in [1.165, 1.54) is 5.56 Å². The van der Waals surface area contributed by atoms with E-state index >= 15 is 0 Å². The quantitative estimate of drug-likeness (QED) is 0.639. The molecule has 0 spiro atoms. The van der Waals surface area contributed by atoms with Gasteiger partial charge in [-0.1, -0.05) is 18.2 Å². The molecule has 1 aliphatic heterocycles. The molecular formula is C23H24N4O. The van der Waals surface area contributed by atoms with Crippen molar-refractivity contribution in [1.29, 1.82) is 0 Å². The van der Waals surface area contributed by atoms with Gasteiger partial charge in [0.25, 0.3) is 0 Å². The molecule has 0 aliphatic carbocycles. The van der Waals surface area contributed by atoms with Crippen molar-refractivity contribution in [1.82, 2.24) is 19.9 Å². The van der Waals surface area contributed by atoms with Crippen LogP contribution in [0, 0.1) is 6.92 Å². The van der Waals surface area contributed by atoms with Gasteiger partial charge < -0.3 is 0 Å². The number of aryl methyl sites for hydroxylation is 1. The highest BCUT2D eigenvalue weighted by Gasteiger charge is 2.32. The maximum Gasteiger partial charge on any atom is 0.229 e. The number of likely N-dealkylation sites (tertiary alicyclic amines) is 1. The van der Waals surface area contributed by atoms with Crippen LogP contribution in [-0.4, -0.2) is 32.7 Å². The summed E-state index contributed by atoms with van der Waals surface area (Å²) in [4.78, 5) is 28.6. The Morgan fingerprint density at radius 3 is 2.50 bits per heavy atom. The Hall–Kier alpha value is -2.92. The number of rotatable bonds is 4. The number of carbonyl (C=O) groups excluding carboxylic acids is 1. The van der Waals surface area contributed by atoms with E-state index in [0.29, 0.717) is 11.4 Å². The molecule has 1 aliphatic rings. The lowest BCUT2D eigenvalue weighted by Gasteiger charge is -2.39. The van der Waals surface area contributed by atoms with Crippen molar-refractivity contribution in [3.63, 3.8) is 0 Å². The van der Waals surface area contributed by atoms with Gasteiger partial charge in [0.1, 0.15) is 11.4 Å². The first-order chi connectivity index (χ1) is 13.6. The van der Waals surface area contributed by atoms with Crippen molar-refractivity contribution in [2.45, 2.75) is 38.3 Å². The Labute approximate surface area is 165 Å². The van der Waals surface area contributed by atoms with Crippen molar-refractivity contribution in [2.24, 2.45) is 0 Å². The number of pyridine rings is 3. The number of carbonyl (C=O) groups is 1. The van der Waals surface area contributed by atoms with Gasteiger partial charge in [0.05, 0.1) is 23.5 Å². The predicted octanol–water partition coefficient (Wildman–Crippen LogP) is 4.31. The van der Waals surface area contributed by atoms with E-state index in [9.17, 15) is 4.79 Å². The standard InChI is InChI=1S/C23H24N4O/c1-16-8-7-15-25-22(16)21-13-6-12-20(27(21)2)17-10-5-11-19(26-17)23(28)18-9-3-4-14-24-18/h3-5,7-11,14-15,20-21H,6,12-13H2,1-2H3/t20-,21+/m1/s1. The normalized spacial score (nSPS) is 20.1. The summed E-state index contributed by atoms with van der Waals surface area (Å²) in [6.45, 7) is 2.12. The molecule has 0 unspecified atom stereocenters. The van der Waals surface area contributed by atoms with Crippen LogP contribution in [0.5, 0.6) is 0 Å². The maximum absolute atomic E-state index is 12.7. The van der Waals surface area contributed by atoms with E-state index in [1.54, 1.807) is 24.4 Å². The van der Waals surface area contributed by atoms with Crippen LogP contribution in [0.4, 0.5) is 0 Å². The van der Waals surface area contributed by atoms with Crippen LogP contribution < -0.4 is 0 Å². The molecule has 2 atom stereocenters. The third-order valence-corrected chi connectivity index (χ3v) is 5.55. The molecule has 142 valence electrons. The molecule has 0 radical (unpaired) electrons. The summed E-state index contributed by atoms with van der Waals surface area (Å²) >= 11 is 0. The Morgan fingerprint density at radius 2 is 1.71 bits per heavy atom. The zero-order valence-electron chi connectivity index (χ0n) is 16.2. The monoisotopic (exact) mass is 372 g/mol. The van der Waals surface area contributed by atoms with Crippen LogP contribution >= 0.6 is 0 Å². The molecule has 0 amide bonds. The second-order valence-corrected chi connectivity index (χ2v) is 7.33. The summed E-state index contributed by atoms with van der Waals surface area (Å²) in [7, 11) is 2.14. The second kappa shape index (κ2) is 7.98. The summed E-state index contributed by atoms with van der Waals surface area (Å²) in [5.74, 6) is -0.141. The van der Waals surface area contributed by atoms with Gasteiger partial charge in [-0.2, -0.15) is 0 Å². The summed E-state index contributed by atoms with van der Waals surface area (Å²) in [6.07, 6.45) is 6.70. The minimum absolute atomic E-state index is 0.141. The number of nitrogens with zero attached hydrogens (tertiary/aromatic N) is 4. The molecule has 5 heteroatoms. The number of hydrogen-bond acceptors (Lipinski definition) is 5. The maximum atomic E-state index is 12.7. The minimum atomic E-state index is -0.141. The zero-order valence-corrected chi connectivity index (χ0v) is 16.2. The van der Waals surface area contributed by atoms with Crippen molar-refractivity contribution < 1.29 is 4.79 Å². The zero-order chi connectivity index (χ0) is 19.5. The van der Waals surface area contributed by atoms with Crippen LogP contribution in [0.3, 0.4) is 0 Å². The van der Waals surface area contributed by atoms with Crippen LogP contribution in [0.2, 0.25) is 0 Å². The molecule has 3 aromatic rings. The highest BCUT2D eigenvalue weighted by Crippen LogP contribution is 2.39. The van der Waals surface area contributed by atoms with Gasteiger partial charge in [0, 0.05) is 12.4 Å². The highest BCUT2D eigenvalue weighted by molar-refractivity contribution is 6.06. The predicted molar refractivity (Wildman–Crippen MR) is 108 cm³/mol. The first-order valence-corrected chi connectivity index (χ1v) is 9.71. The summed E-state index contributed by atoms with van der Waals surface area (Å²) in [5, 5.41) is 0. The van der Waals surface area contributed by atoms with E-state index in [4.69, 9.17) is 4.98 Å². The average Bonchev–Trinajstić information content (AvgIpc) is 2.75. The first-order valence-electron chi connectivity index (χ1n) is 9.71. The molecule has 0 N–H and O–H groups in total. The molecule has 0 bridgehead atoms. The molecule has 5 nitrogen and oxygen atoms in total. The fraction of sp³-hybridized carbons (Fsp3) is 0.304. The van der Waals surface area contributed by atoms with Gasteiger partial charge in [-0.3, -0.25) is 19.7 Å². The van der Waals surface area contributed by atoms with Crippen LogP contribution in [0.15, 0.2) is 60.9 Å². The lowest BCUT2D eigenvalue weighted by Crippen LogP contribution is -2.34. The number of hydrogen-bond donors (Lipinski definition) is 0. The van der Waals surface area contributed by atoms with Crippen molar-refractivity contribution in [2.75, 3.05) is 7.05 Å². The molecule has 0 aromatic carbocycles. The van der Waals surface area contributed by atoms with Crippen molar-refractivity contribution >= 4 is 5.78 Å². The largest absolute Gasteiger partial charge is 0.289 e. The third-order valence-electron chi connectivity index (χ3n) is 5.55. The summed E-state index contributed by atoms with van der Waals surface area (Å²) < 4.78 is 0. The SMILES string of the molecule is Cc1cccnc1[C@@H]1CCC[C@H](c2cccc(C(=O)c3ccccn3)n2)N1C. The van der Waals surface area contributed by atoms with Gasteiger partial charge in [-0.25, -0.2) is 4.98 Å². The fourth-order valence-corrected chi connectivity index (χ4v) is 4.05. The lowest BCUT2D eigenvalue weighted by molar-refractivity contribution is 0.101. The van der Waals surface area contributed by atoms with Crippen LogP contribution in [-0.2, 0) is 0 Å². The van der Waals surface area contributed by atoms with Gasteiger partial charge in [-0.15, -0.1) is 0 Å². The van der Waals surface area contributed by atoms with E-state index in [-0.39, 0.29) is 17.9 Å². The second-order valence-electron chi connectivity index (χ2n) is 7.33. The van der Waals surface area contributed by atoms with E-state index in [2.05, 4.69) is 34.9 Å². The smallest absolute Gasteiger partial charge is 0.229 e. The lowest BCUT2D eigenvalue weighted by atomic mass is 9.90.